The molecule has 0 saturated carbocycles. The molecule has 0 atom stereocenters. The summed E-state index contributed by atoms with van der Waals surface area (Å²) in [6.45, 7) is 1.21. The fourth-order valence-electron chi connectivity index (χ4n) is 2.05. The van der Waals surface area contributed by atoms with Crippen molar-refractivity contribution in [3.8, 4) is 0 Å². The van der Waals surface area contributed by atoms with E-state index in [1.165, 1.54) is 11.3 Å². The highest BCUT2D eigenvalue weighted by Crippen LogP contribution is 2.34. The maximum atomic E-state index is 11.9. The van der Waals surface area contributed by atoms with E-state index in [1.807, 2.05) is 0 Å². The maximum absolute atomic E-state index is 11.9. The Labute approximate surface area is 170 Å². The molecule has 8 nitrogen and oxygen atoms in total. The Hall–Kier alpha value is -1.19. The van der Waals surface area contributed by atoms with Crippen LogP contribution in [0.1, 0.15) is 17.7 Å². The minimum atomic E-state index is -3.95. The van der Waals surface area contributed by atoms with Gasteiger partial charge in [-0.05, 0) is 30.7 Å². The van der Waals surface area contributed by atoms with Gasteiger partial charge in [0.1, 0.15) is 0 Å². The summed E-state index contributed by atoms with van der Waals surface area (Å²) >= 11 is 13.1. The Morgan fingerprint density at radius 2 is 2.00 bits per heavy atom. The van der Waals surface area contributed by atoms with Crippen LogP contribution >= 0.6 is 42.1 Å². The van der Waals surface area contributed by atoms with Gasteiger partial charge in [-0.3, -0.25) is 9.88 Å². The van der Waals surface area contributed by atoms with Crippen LogP contribution in [0.3, 0.4) is 0 Å². The molecule has 1 aromatic carbocycles. The van der Waals surface area contributed by atoms with E-state index in [0.29, 0.717) is 41.2 Å². The highest BCUT2D eigenvalue weighted by Gasteiger charge is 2.11. The van der Waals surface area contributed by atoms with Crippen molar-refractivity contribution in [2.75, 3.05) is 18.0 Å². The predicted octanol–water partition coefficient (Wildman–Crippen LogP) is 3.43. The first-order valence-electron chi connectivity index (χ1n) is 7.91. The van der Waals surface area contributed by atoms with Gasteiger partial charge in [0.25, 0.3) is 0 Å². The first-order chi connectivity index (χ1) is 12.7. The summed E-state index contributed by atoms with van der Waals surface area (Å²) in [5.41, 5.74) is 1.55. The average Bonchev–Trinajstić information content (AvgIpc) is 3.02. The molecule has 0 aliphatic carbocycles. The van der Waals surface area contributed by atoms with Gasteiger partial charge in [0.2, 0.25) is 0 Å². The second-order valence-electron chi connectivity index (χ2n) is 5.62. The molecule has 5 N–H and O–H groups in total. The number of halogens is 2. The van der Waals surface area contributed by atoms with Crippen molar-refractivity contribution < 1.29 is 19.1 Å². The van der Waals surface area contributed by atoms with Crippen LogP contribution in [0.4, 0.5) is 9.93 Å². The lowest BCUT2D eigenvalue weighted by Crippen LogP contribution is -2.28. The molecule has 0 fully saturated rings. The van der Waals surface area contributed by atoms with E-state index in [9.17, 15) is 9.36 Å². The van der Waals surface area contributed by atoms with Gasteiger partial charge in [0, 0.05) is 18.5 Å². The number of hydrogen-bond donors (Lipinski definition) is 5. The number of anilines is 1. The number of rotatable bonds is 9. The second kappa shape index (κ2) is 10.4. The Morgan fingerprint density at radius 1 is 1.22 bits per heavy atom. The van der Waals surface area contributed by atoms with Crippen molar-refractivity contribution in [2.24, 2.45) is 0 Å². The number of carbonyl (C=O) groups is 1. The third-order valence-corrected chi connectivity index (χ3v) is 5.76. The van der Waals surface area contributed by atoms with Gasteiger partial charge in [0.15, 0.2) is 5.13 Å². The summed E-state index contributed by atoms with van der Waals surface area (Å²) in [6, 6.07) is 4.73. The highest BCUT2D eigenvalue weighted by atomic mass is 35.5. The number of hydrogen-bond acceptors (Lipinski definition) is 5. The summed E-state index contributed by atoms with van der Waals surface area (Å²) < 4.78 is 10.7. The summed E-state index contributed by atoms with van der Waals surface area (Å²) in [6.07, 6.45) is 0.222. The van der Waals surface area contributed by atoms with E-state index in [0.717, 1.165) is 11.3 Å². The van der Waals surface area contributed by atoms with Crippen LogP contribution < -0.4 is 16.0 Å². The fraction of sp³-hybridized carbons (Fsp3) is 0.333. The number of thiazole rings is 1. The Balaban J connectivity index is 1.70. The molecule has 0 aliphatic rings. The van der Waals surface area contributed by atoms with E-state index in [4.69, 9.17) is 33.0 Å². The van der Waals surface area contributed by atoms with Gasteiger partial charge < -0.3 is 20.4 Å². The van der Waals surface area contributed by atoms with E-state index < -0.39 is 13.6 Å². The predicted molar refractivity (Wildman–Crippen MR) is 108 cm³/mol. The van der Waals surface area contributed by atoms with Crippen LogP contribution in [0, 0.1) is 0 Å². The number of aromatic nitrogens is 1. The molecule has 2 amide bonds. The van der Waals surface area contributed by atoms with Gasteiger partial charge in [-0.2, -0.15) is 0 Å². The zero-order valence-corrected chi connectivity index (χ0v) is 17.3. The van der Waals surface area contributed by atoms with Crippen molar-refractivity contribution in [1.82, 2.24) is 15.6 Å². The number of urea groups is 1. The standard InChI is InChI=1S/C15H19Cl2N4O4PS/c16-12-3-2-10(6-13(12)17)7-19-14(22)21-15-20-11(9-27-15)8-18-4-1-5-26(23,24)25/h2-3,6,9,18H,1,4-5,7-8H2,(H2,23,24,25)(H2,19,20,21,22). The normalized spacial score (nSPS) is 11.4. The van der Waals surface area contributed by atoms with Crippen molar-refractivity contribution in [3.05, 3.63) is 44.9 Å². The van der Waals surface area contributed by atoms with Gasteiger partial charge in [-0.25, -0.2) is 9.78 Å². The Bertz CT molecular complexity index is 830. The van der Waals surface area contributed by atoms with Gasteiger partial charge >= 0.3 is 13.6 Å². The number of amides is 2. The van der Waals surface area contributed by atoms with Crippen LogP contribution in [-0.2, 0) is 17.7 Å². The number of nitrogens with zero attached hydrogens (tertiary/aromatic N) is 1. The van der Waals surface area contributed by atoms with Crippen molar-refractivity contribution >= 4 is 53.3 Å². The molecule has 0 unspecified atom stereocenters. The monoisotopic (exact) mass is 452 g/mol. The molecule has 148 valence electrons. The molecule has 0 saturated heterocycles. The lowest BCUT2D eigenvalue weighted by Gasteiger charge is -2.06. The first kappa shape index (κ1) is 22.1. The third-order valence-electron chi connectivity index (χ3n) is 3.32. The molecular formula is C15H19Cl2N4O4PS. The number of carbonyl (C=O) groups excluding carboxylic acids is 1. The number of nitrogens with one attached hydrogen (secondary N) is 3. The topological polar surface area (TPSA) is 124 Å². The van der Waals surface area contributed by atoms with E-state index in [-0.39, 0.29) is 6.16 Å². The molecule has 0 bridgehead atoms. The molecule has 0 spiro atoms. The lowest BCUT2D eigenvalue weighted by molar-refractivity contribution is 0.251. The molecule has 27 heavy (non-hydrogen) atoms. The minimum Gasteiger partial charge on any atom is -0.334 e. The highest BCUT2D eigenvalue weighted by molar-refractivity contribution is 7.51. The smallest absolute Gasteiger partial charge is 0.325 e. The molecule has 0 radical (unpaired) electrons. The summed E-state index contributed by atoms with van der Waals surface area (Å²) in [7, 11) is -3.95. The zero-order valence-electron chi connectivity index (χ0n) is 14.1. The van der Waals surface area contributed by atoms with Crippen LogP contribution in [0.2, 0.25) is 10.0 Å². The largest absolute Gasteiger partial charge is 0.334 e. The molecular weight excluding hydrogens is 434 g/mol. The summed E-state index contributed by atoms with van der Waals surface area (Å²) in [5, 5.41) is 11.5. The van der Waals surface area contributed by atoms with Crippen molar-refractivity contribution in [1.29, 1.82) is 0 Å². The Morgan fingerprint density at radius 3 is 2.70 bits per heavy atom. The van der Waals surface area contributed by atoms with E-state index in [1.54, 1.807) is 23.6 Å². The molecule has 0 aliphatic heterocycles. The SMILES string of the molecule is O=C(NCc1ccc(Cl)c(Cl)c1)Nc1nc(CNCCCP(=O)(O)O)cs1. The van der Waals surface area contributed by atoms with E-state index in [2.05, 4.69) is 20.9 Å². The molecule has 1 heterocycles. The summed E-state index contributed by atoms with van der Waals surface area (Å²) in [4.78, 5) is 33.8. The van der Waals surface area contributed by atoms with Crippen LogP contribution in [0.5, 0.6) is 0 Å². The average molecular weight is 453 g/mol. The van der Waals surface area contributed by atoms with Crippen molar-refractivity contribution in [3.63, 3.8) is 0 Å². The lowest BCUT2D eigenvalue weighted by atomic mass is 10.2. The zero-order chi connectivity index (χ0) is 19.9. The Kier molecular flexibility index (Phi) is 8.50. The molecule has 1 aromatic heterocycles. The van der Waals surface area contributed by atoms with Gasteiger partial charge in [-0.15, -0.1) is 11.3 Å². The third kappa shape index (κ3) is 8.57. The summed E-state index contributed by atoms with van der Waals surface area (Å²) in [5.74, 6) is 0. The first-order valence-corrected chi connectivity index (χ1v) is 11.3. The molecule has 2 rings (SSSR count). The van der Waals surface area contributed by atoms with Gasteiger partial charge in [0.05, 0.1) is 21.9 Å². The molecule has 2 aromatic rings. The van der Waals surface area contributed by atoms with Crippen LogP contribution in [-0.4, -0.2) is 33.5 Å². The second-order valence-corrected chi connectivity index (χ2v) is 9.07. The quantitative estimate of drug-likeness (QED) is 0.293. The van der Waals surface area contributed by atoms with Crippen LogP contribution in [0.15, 0.2) is 23.6 Å². The number of benzene rings is 1. The maximum Gasteiger partial charge on any atom is 0.325 e. The fourth-order valence-corrected chi connectivity index (χ4v) is 3.64. The van der Waals surface area contributed by atoms with E-state index >= 15 is 0 Å². The van der Waals surface area contributed by atoms with Crippen molar-refractivity contribution in [2.45, 2.75) is 19.5 Å². The minimum absolute atomic E-state index is 0.150. The molecule has 12 heteroatoms. The van der Waals surface area contributed by atoms with Crippen LogP contribution in [0.25, 0.3) is 0 Å². The van der Waals surface area contributed by atoms with Gasteiger partial charge in [-0.1, -0.05) is 29.3 Å².